The molecule has 0 aromatic heterocycles. The van der Waals surface area contributed by atoms with Gasteiger partial charge in [0.15, 0.2) is 6.61 Å². The number of hydrogen-bond acceptors (Lipinski definition) is 3. The van der Waals surface area contributed by atoms with Crippen molar-refractivity contribution in [2.45, 2.75) is 20.8 Å². The van der Waals surface area contributed by atoms with Crippen molar-refractivity contribution in [2.75, 3.05) is 37.7 Å². The second-order valence-electron chi connectivity index (χ2n) is 6.66. The van der Waals surface area contributed by atoms with Crippen molar-refractivity contribution in [3.8, 4) is 5.75 Å². The van der Waals surface area contributed by atoms with Crippen molar-refractivity contribution in [3.63, 3.8) is 0 Å². The second kappa shape index (κ2) is 7.60. The summed E-state index contributed by atoms with van der Waals surface area (Å²) in [5.74, 6) is 0.890. The fraction of sp³-hybridized carbons (Fsp3) is 0.381. The fourth-order valence-electron chi connectivity index (χ4n) is 3.37. The number of aryl methyl sites for hydroxylation is 3. The molecule has 1 aliphatic heterocycles. The molecule has 4 nitrogen and oxygen atoms in total. The largest absolute Gasteiger partial charge is 0.483 e. The van der Waals surface area contributed by atoms with Crippen LogP contribution in [0.25, 0.3) is 0 Å². The summed E-state index contributed by atoms with van der Waals surface area (Å²) in [6.07, 6.45) is 0. The molecule has 0 bridgehead atoms. The van der Waals surface area contributed by atoms with Gasteiger partial charge in [0, 0.05) is 31.9 Å². The number of ether oxygens (including phenoxy) is 1. The van der Waals surface area contributed by atoms with Crippen LogP contribution in [0.5, 0.6) is 5.75 Å². The quantitative estimate of drug-likeness (QED) is 0.857. The first-order valence-corrected chi connectivity index (χ1v) is 8.83. The summed E-state index contributed by atoms with van der Waals surface area (Å²) in [5.41, 5.74) is 4.68. The fourth-order valence-corrected chi connectivity index (χ4v) is 3.37. The molecular formula is C21H26N2O2. The van der Waals surface area contributed by atoms with Crippen molar-refractivity contribution in [1.29, 1.82) is 0 Å². The van der Waals surface area contributed by atoms with Gasteiger partial charge in [-0.3, -0.25) is 4.79 Å². The van der Waals surface area contributed by atoms with Gasteiger partial charge in [-0.2, -0.15) is 0 Å². The van der Waals surface area contributed by atoms with Crippen LogP contribution < -0.4 is 9.64 Å². The van der Waals surface area contributed by atoms with Crippen molar-refractivity contribution < 1.29 is 9.53 Å². The molecule has 3 rings (SSSR count). The molecule has 0 N–H and O–H groups in total. The van der Waals surface area contributed by atoms with E-state index in [1.165, 1.54) is 11.3 Å². The van der Waals surface area contributed by atoms with E-state index in [-0.39, 0.29) is 12.5 Å². The van der Waals surface area contributed by atoms with Crippen LogP contribution in [0.3, 0.4) is 0 Å². The molecule has 1 amide bonds. The first-order chi connectivity index (χ1) is 12.1. The van der Waals surface area contributed by atoms with Crippen LogP contribution in [-0.2, 0) is 4.79 Å². The van der Waals surface area contributed by atoms with Crippen LogP contribution in [-0.4, -0.2) is 43.6 Å². The maximum Gasteiger partial charge on any atom is 0.260 e. The van der Waals surface area contributed by atoms with Gasteiger partial charge in [0.2, 0.25) is 0 Å². The van der Waals surface area contributed by atoms with Crippen molar-refractivity contribution in [1.82, 2.24) is 4.90 Å². The summed E-state index contributed by atoms with van der Waals surface area (Å²) in [6.45, 7) is 9.45. The van der Waals surface area contributed by atoms with Gasteiger partial charge in [-0.15, -0.1) is 0 Å². The third-order valence-electron chi connectivity index (χ3n) is 4.84. The second-order valence-corrected chi connectivity index (χ2v) is 6.66. The molecule has 0 unspecified atom stereocenters. The van der Waals surface area contributed by atoms with Gasteiger partial charge in [0.1, 0.15) is 5.75 Å². The average molecular weight is 338 g/mol. The Morgan fingerprint density at radius 1 is 0.880 bits per heavy atom. The first-order valence-electron chi connectivity index (χ1n) is 8.83. The zero-order valence-corrected chi connectivity index (χ0v) is 15.3. The van der Waals surface area contributed by atoms with Gasteiger partial charge in [-0.1, -0.05) is 36.4 Å². The number of hydrogen-bond donors (Lipinski definition) is 0. The van der Waals surface area contributed by atoms with Crippen LogP contribution in [0.1, 0.15) is 16.7 Å². The Hall–Kier alpha value is -2.49. The van der Waals surface area contributed by atoms with E-state index in [4.69, 9.17) is 4.74 Å². The smallest absolute Gasteiger partial charge is 0.260 e. The molecule has 0 atom stereocenters. The van der Waals surface area contributed by atoms with E-state index in [0.717, 1.165) is 43.1 Å². The number of carbonyl (C=O) groups excluding carboxylic acids is 1. The summed E-state index contributed by atoms with van der Waals surface area (Å²) in [7, 11) is 0. The predicted molar refractivity (Wildman–Crippen MR) is 101 cm³/mol. The Labute approximate surface area is 150 Å². The third kappa shape index (κ3) is 3.95. The zero-order chi connectivity index (χ0) is 17.8. The summed E-state index contributed by atoms with van der Waals surface area (Å²) < 4.78 is 5.81. The minimum atomic E-state index is 0.0621. The Morgan fingerprint density at radius 3 is 2.12 bits per heavy atom. The number of piperazine rings is 1. The zero-order valence-electron chi connectivity index (χ0n) is 15.3. The van der Waals surface area contributed by atoms with Gasteiger partial charge < -0.3 is 14.5 Å². The molecular weight excluding hydrogens is 312 g/mol. The molecule has 4 heteroatoms. The van der Waals surface area contributed by atoms with E-state index >= 15 is 0 Å². The SMILES string of the molecule is Cc1ccccc1N1CCN(C(=O)COc2c(C)cccc2C)CC1. The molecule has 0 spiro atoms. The van der Waals surface area contributed by atoms with Crippen LogP contribution in [0, 0.1) is 20.8 Å². The lowest BCUT2D eigenvalue weighted by atomic mass is 10.1. The van der Waals surface area contributed by atoms with Crippen LogP contribution >= 0.6 is 0 Å². The van der Waals surface area contributed by atoms with Crippen LogP contribution in [0.15, 0.2) is 42.5 Å². The average Bonchev–Trinajstić information content (AvgIpc) is 2.62. The lowest BCUT2D eigenvalue weighted by Gasteiger charge is -2.36. The van der Waals surface area contributed by atoms with Gasteiger partial charge in [0.25, 0.3) is 5.91 Å². The first kappa shape index (κ1) is 17.3. The summed E-state index contributed by atoms with van der Waals surface area (Å²) in [5, 5.41) is 0. The summed E-state index contributed by atoms with van der Waals surface area (Å²) in [6, 6.07) is 14.4. The van der Waals surface area contributed by atoms with E-state index in [9.17, 15) is 4.79 Å². The summed E-state index contributed by atoms with van der Waals surface area (Å²) in [4.78, 5) is 16.7. The Balaban J connectivity index is 1.54. The van der Waals surface area contributed by atoms with Crippen molar-refractivity contribution >= 4 is 11.6 Å². The maximum absolute atomic E-state index is 12.5. The predicted octanol–water partition coefficient (Wildman–Crippen LogP) is 3.34. The topological polar surface area (TPSA) is 32.8 Å². The van der Waals surface area contributed by atoms with Gasteiger partial charge in [-0.05, 0) is 43.5 Å². The van der Waals surface area contributed by atoms with Crippen LogP contribution in [0.4, 0.5) is 5.69 Å². The molecule has 1 saturated heterocycles. The Kier molecular flexibility index (Phi) is 5.27. The van der Waals surface area contributed by atoms with E-state index in [0.29, 0.717) is 0 Å². The molecule has 0 aliphatic carbocycles. The number of benzene rings is 2. The van der Waals surface area contributed by atoms with Gasteiger partial charge in [-0.25, -0.2) is 0 Å². The number of amides is 1. The lowest BCUT2D eigenvalue weighted by molar-refractivity contribution is -0.133. The van der Waals surface area contributed by atoms with Gasteiger partial charge in [0.05, 0.1) is 0 Å². The molecule has 25 heavy (non-hydrogen) atoms. The molecule has 0 saturated carbocycles. The number of carbonyl (C=O) groups is 1. The minimum absolute atomic E-state index is 0.0621. The Bertz CT molecular complexity index is 729. The monoisotopic (exact) mass is 338 g/mol. The van der Waals surface area contributed by atoms with E-state index < -0.39 is 0 Å². The maximum atomic E-state index is 12.5. The standard InChI is InChI=1S/C21H26N2O2/c1-16-7-4-5-10-19(16)22-11-13-23(14-12-22)20(24)15-25-21-17(2)8-6-9-18(21)3/h4-10H,11-15H2,1-3H3. The highest BCUT2D eigenvalue weighted by molar-refractivity contribution is 5.78. The molecule has 1 fully saturated rings. The number of nitrogens with zero attached hydrogens (tertiary/aromatic N) is 2. The third-order valence-corrected chi connectivity index (χ3v) is 4.84. The molecule has 2 aromatic carbocycles. The molecule has 0 radical (unpaired) electrons. The van der Waals surface area contributed by atoms with Gasteiger partial charge >= 0.3 is 0 Å². The van der Waals surface area contributed by atoms with E-state index in [2.05, 4.69) is 36.1 Å². The molecule has 1 aliphatic rings. The highest BCUT2D eigenvalue weighted by Crippen LogP contribution is 2.23. The highest BCUT2D eigenvalue weighted by Gasteiger charge is 2.22. The van der Waals surface area contributed by atoms with Crippen LogP contribution in [0.2, 0.25) is 0 Å². The van der Waals surface area contributed by atoms with E-state index in [1.807, 2.05) is 36.9 Å². The lowest BCUT2D eigenvalue weighted by Crippen LogP contribution is -2.50. The van der Waals surface area contributed by atoms with Crippen molar-refractivity contribution in [2.24, 2.45) is 0 Å². The molecule has 2 aromatic rings. The number of rotatable bonds is 4. The molecule has 132 valence electrons. The van der Waals surface area contributed by atoms with Crippen molar-refractivity contribution in [3.05, 3.63) is 59.2 Å². The number of para-hydroxylation sites is 2. The van der Waals surface area contributed by atoms with E-state index in [1.54, 1.807) is 0 Å². The molecule has 1 heterocycles. The highest BCUT2D eigenvalue weighted by atomic mass is 16.5. The minimum Gasteiger partial charge on any atom is -0.483 e. The Morgan fingerprint density at radius 2 is 1.48 bits per heavy atom. The summed E-state index contributed by atoms with van der Waals surface area (Å²) >= 11 is 0. The normalized spacial score (nSPS) is 14.5. The number of anilines is 1.